The van der Waals surface area contributed by atoms with E-state index in [0.29, 0.717) is 12.1 Å². The zero-order valence-electron chi connectivity index (χ0n) is 9.98. The summed E-state index contributed by atoms with van der Waals surface area (Å²) >= 11 is 0. The van der Waals surface area contributed by atoms with Crippen LogP contribution in [0.25, 0.3) is 0 Å². The Balaban J connectivity index is 3.34. The Hall–Kier alpha value is -1.73. The van der Waals surface area contributed by atoms with Crippen molar-refractivity contribution in [3.63, 3.8) is 0 Å². The standard InChI is InChI=1S/C12H10F6NO/c1-6(2-10(19)20)7-3-8(11(13,14)15)5-9(4-7)12(16,17)18/h3-6H,1-2H2,(H2,19,20). The van der Waals surface area contributed by atoms with Crippen molar-refractivity contribution in [2.24, 2.45) is 5.73 Å². The Morgan fingerprint density at radius 3 is 1.75 bits per heavy atom. The predicted molar refractivity (Wildman–Crippen MR) is 58.4 cm³/mol. The molecule has 8 heteroatoms. The number of rotatable bonds is 3. The number of carbonyl (C=O) groups excluding carboxylic acids is 1. The second-order valence-corrected chi connectivity index (χ2v) is 4.21. The largest absolute Gasteiger partial charge is 0.416 e. The molecule has 1 radical (unpaired) electrons. The van der Waals surface area contributed by atoms with Gasteiger partial charge in [0.2, 0.25) is 5.91 Å². The third-order valence-electron chi connectivity index (χ3n) is 2.53. The van der Waals surface area contributed by atoms with E-state index in [1.54, 1.807) is 0 Å². The Morgan fingerprint density at radius 2 is 1.45 bits per heavy atom. The van der Waals surface area contributed by atoms with E-state index in [1.165, 1.54) is 0 Å². The van der Waals surface area contributed by atoms with Gasteiger partial charge in [0.1, 0.15) is 0 Å². The number of halogens is 6. The van der Waals surface area contributed by atoms with Gasteiger partial charge in [0.05, 0.1) is 11.1 Å². The third kappa shape index (κ3) is 4.14. The van der Waals surface area contributed by atoms with Crippen LogP contribution >= 0.6 is 0 Å². The first-order chi connectivity index (χ1) is 8.91. The Bertz CT molecular complexity index is 473. The van der Waals surface area contributed by atoms with Crippen LogP contribution in [0.15, 0.2) is 18.2 Å². The van der Waals surface area contributed by atoms with Crippen LogP contribution in [0, 0.1) is 6.92 Å². The molecule has 0 saturated heterocycles. The SMILES string of the molecule is [CH2]C(CC(N)=O)c1cc(C(F)(F)F)cc(C(F)(F)F)c1. The van der Waals surface area contributed by atoms with Crippen LogP contribution in [0.4, 0.5) is 26.3 Å². The smallest absolute Gasteiger partial charge is 0.370 e. The molecule has 1 aromatic carbocycles. The minimum Gasteiger partial charge on any atom is -0.370 e. The molecule has 111 valence electrons. The van der Waals surface area contributed by atoms with E-state index in [1.807, 2.05) is 0 Å². The number of alkyl halides is 6. The summed E-state index contributed by atoms with van der Waals surface area (Å²) in [5.74, 6) is -1.95. The summed E-state index contributed by atoms with van der Waals surface area (Å²) < 4.78 is 75.5. The van der Waals surface area contributed by atoms with Crippen LogP contribution in [0.2, 0.25) is 0 Å². The van der Waals surface area contributed by atoms with Gasteiger partial charge in [-0.1, -0.05) is 0 Å². The van der Waals surface area contributed by atoms with E-state index in [9.17, 15) is 31.1 Å². The lowest BCUT2D eigenvalue weighted by atomic mass is 9.93. The second-order valence-electron chi connectivity index (χ2n) is 4.21. The number of carbonyl (C=O) groups is 1. The molecule has 2 nitrogen and oxygen atoms in total. The van der Waals surface area contributed by atoms with Gasteiger partial charge >= 0.3 is 12.4 Å². The maximum atomic E-state index is 12.6. The number of primary amides is 1. The highest BCUT2D eigenvalue weighted by Crippen LogP contribution is 2.37. The highest BCUT2D eigenvalue weighted by molar-refractivity contribution is 5.75. The molecular formula is C12H10F6NO. The molecule has 0 aliphatic heterocycles. The fourth-order valence-corrected chi connectivity index (χ4v) is 1.58. The molecule has 1 atom stereocenters. The van der Waals surface area contributed by atoms with Crippen LogP contribution in [0.5, 0.6) is 0 Å². The first kappa shape index (κ1) is 16.3. The molecule has 0 saturated carbocycles. The van der Waals surface area contributed by atoms with Gasteiger partial charge in [-0.2, -0.15) is 26.3 Å². The number of amides is 1. The predicted octanol–water partition coefficient (Wildman–Crippen LogP) is 3.52. The molecule has 0 bridgehead atoms. The number of hydrogen-bond acceptors (Lipinski definition) is 1. The molecule has 1 amide bonds. The van der Waals surface area contributed by atoms with Crippen LogP contribution in [0.3, 0.4) is 0 Å². The van der Waals surface area contributed by atoms with Gasteiger partial charge < -0.3 is 5.73 Å². The van der Waals surface area contributed by atoms with Crippen molar-refractivity contribution < 1.29 is 31.1 Å². The van der Waals surface area contributed by atoms with E-state index in [0.717, 1.165) is 0 Å². The number of benzene rings is 1. The number of hydrogen-bond donors (Lipinski definition) is 1. The van der Waals surface area contributed by atoms with Crippen LogP contribution < -0.4 is 5.73 Å². The second kappa shape index (κ2) is 5.34. The molecule has 20 heavy (non-hydrogen) atoms. The first-order valence-corrected chi connectivity index (χ1v) is 5.32. The summed E-state index contributed by atoms with van der Waals surface area (Å²) in [4.78, 5) is 10.7. The van der Waals surface area contributed by atoms with Crippen LogP contribution in [-0.2, 0) is 17.1 Å². The molecule has 0 fully saturated rings. The van der Waals surface area contributed by atoms with Crippen molar-refractivity contribution in [1.29, 1.82) is 0 Å². The summed E-state index contributed by atoms with van der Waals surface area (Å²) in [5.41, 5.74) is 1.63. The molecule has 0 heterocycles. The third-order valence-corrected chi connectivity index (χ3v) is 2.53. The van der Waals surface area contributed by atoms with E-state index < -0.39 is 41.7 Å². The quantitative estimate of drug-likeness (QED) is 0.852. The van der Waals surface area contributed by atoms with Gasteiger partial charge in [-0.25, -0.2) is 0 Å². The van der Waals surface area contributed by atoms with Gasteiger partial charge in [-0.3, -0.25) is 4.79 Å². The van der Waals surface area contributed by atoms with Crippen LogP contribution in [0.1, 0.15) is 29.0 Å². The minimum atomic E-state index is -4.93. The van der Waals surface area contributed by atoms with E-state index in [-0.39, 0.29) is 11.6 Å². The fourth-order valence-electron chi connectivity index (χ4n) is 1.58. The molecule has 1 aromatic rings. The Labute approximate surface area is 110 Å². The molecule has 0 aromatic heterocycles. The lowest BCUT2D eigenvalue weighted by Crippen LogP contribution is -2.16. The van der Waals surface area contributed by atoms with Gasteiger partial charge in [0.15, 0.2) is 0 Å². The van der Waals surface area contributed by atoms with Gasteiger partial charge in [-0.05, 0) is 36.6 Å². The average molecular weight is 298 g/mol. The van der Waals surface area contributed by atoms with E-state index in [4.69, 9.17) is 5.73 Å². The maximum absolute atomic E-state index is 12.6. The van der Waals surface area contributed by atoms with Crippen molar-refractivity contribution in [1.82, 2.24) is 0 Å². The summed E-state index contributed by atoms with van der Waals surface area (Å²) in [6.07, 6.45) is -10.3. The normalized spacial score (nSPS) is 14.2. The Morgan fingerprint density at radius 1 is 1.05 bits per heavy atom. The van der Waals surface area contributed by atoms with Crippen molar-refractivity contribution in [3.05, 3.63) is 41.8 Å². The lowest BCUT2D eigenvalue weighted by Gasteiger charge is -2.17. The molecule has 0 aliphatic rings. The minimum absolute atomic E-state index is 0.0144. The van der Waals surface area contributed by atoms with Gasteiger partial charge in [0.25, 0.3) is 0 Å². The van der Waals surface area contributed by atoms with Crippen molar-refractivity contribution in [2.45, 2.75) is 24.7 Å². The average Bonchev–Trinajstić information content (AvgIpc) is 2.25. The molecule has 2 N–H and O–H groups in total. The van der Waals surface area contributed by atoms with Crippen molar-refractivity contribution in [2.75, 3.05) is 0 Å². The highest BCUT2D eigenvalue weighted by Gasteiger charge is 2.37. The summed E-state index contributed by atoms with van der Waals surface area (Å²) in [6, 6.07) is 1.09. The Kier molecular flexibility index (Phi) is 4.36. The van der Waals surface area contributed by atoms with Gasteiger partial charge in [0, 0.05) is 6.42 Å². The highest BCUT2D eigenvalue weighted by atomic mass is 19.4. The molecule has 1 unspecified atom stereocenters. The molecular weight excluding hydrogens is 288 g/mol. The first-order valence-electron chi connectivity index (χ1n) is 5.32. The summed E-state index contributed by atoms with van der Waals surface area (Å²) in [7, 11) is 0. The zero-order valence-corrected chi connectivity index (χ0v) is 9.98. The van der Waals surface area contributed by atoms with Crippen molar-refractivity contribution in [3.8, 4) is 0 Å². The summed E-state index contributed by atoms with van der Waals surface area (Å²) in [6.45, 7) is 3.36. The molecule has 1 rings (SSSR count). The number of nitrogens with two attached hydrogens (primary N) is 1. The zero-order chi connectivity index (χ0) is 15.7. The molecule has 0 spiro atoms. The monoisotopic (exact) mass is 298 g/mol. The molecule has 0 aliphatic carbocycles. The fraction of sp³-hybridized carbons (Fsp3) is 0.333. The maximum Gasteiger partial charge on any atom is 0.416 e. The lowest BCUT2D eigenvalue weighted by molar-refractivity contribution is -0.143. The van der Waals surface area contributed by atoms with E-state index in [2.05, 4.69) is 6.92 Å². The van der Waals surface area contributed by atoms with Gasteiger partial charge in [-0.15, -0.1) is 0 Å². The topological polar surface area (TPSA) is 43.1 Å². The van der Waals surface area contributed by atoms with E-state index >= 15 is 0 Å². The van der Waals surface area contributed by atoms with Crippen molar-refractivity contribution >= 4 is 5.91 Å². The van der Waals surface area contributed by atoms with Crippen LogP contribution in [-0.4, -0.2) is 5.91 Å². The summed E-state index contributed by atoms with van der Waals surface area (Å²) in [5, 5.41) is 0.